The van der Waals surface area contributed by atoms with E-state index in [-0.39, 0.29) is 11.8 Å². The Hall–Kier alpha value is -3.85. The number of aromatic nitrogens is 2. The van der Waals surface area contributed by atoms with Crippen molar-refractivity contribution in [3.63, 3.8) is 0 Å². The molecule has 198 valence electrons. The molecular formula is C29H34N6O3. The van der Waals surface area contributed by atoms with Gasteiger partial charge in [-0.05, 0) is 55.7 Å². The molecule has 9 heteroatoms. The number of rotatable bonds is 5. The number of amides is 2. The Morgan fingerprint density at radius 2 is 1.66 bits per heavy atom. The van der Waals surface area contributed by atoms with Crippen molar-refractivity contribution >= 4 is 23.2 Å². The third-order valence-electron chi connectivity index (χ3n) is 8.42. The smallest absolute Gasteiger partial charge is 0.253 e. The fraction of sp³-hybridized carbons (Fsp3) is 0.414. The first-order valence-electron chi connectivity index (χ1n) is 13.4. The number of likely N-dealkylation sites (tertiary alicyclic amines) is 1. The van der Waals surface area contributed by atoms with Crippen LogP contribution >= 0.6 is 0 Å². The maximum atomic E-state index is 13.7. The Balaban J connectivity index is 1.10. The van der Waals surface area contributed by atoms with Crippen molar-refractivity contribution in [3.8, 4) is 16.9 Å². The van der Waals surface area contributed by atoms with Gasteiger partial charge in [0.05, 0.1) is 18.7 Å². The molecule has 9 nitrogen and oxygen atoms in total. The van der Waals surface area contributed by atoms with Gasteiger partial charge in [0.2, 0.25) is 5.91 Å². The van der Waals surface area contributed by atoms with Crippen LogP contribution in [0.3, 0.4) is 0 Å². The van der Waals surface area contributed by atoms with E-state index in [4.69, 9.17) is 4.74 Å². The molecule has 1 spiro atoms. The second-order valence-electron chi connectivity index (χ2n) is 10.4. The van der Waals surface area contributed by atoms with Crippen molar-refractivity contribution in [3.05, 3.63) is 60.4 Å². The molecule has 3 aliphatic heterocycles. The van der Waals surface area contributed by atoms with Gasteiger partial charge in [-0.1, -0.05) is 0 Å². The largest absolute Gasteiger partial charge is 0.496 e. The molecule has 2 N–H and O–H groups in total. The Kier molecular flexibility index (Phi) is 6.53. The van der Waals surface area contributed by atoms with E-state index in [2.05, 4.69) is 32.5 Å². The molecule has 3 fully saturated rings. The number of nitrogens with one attached hydrogen (secondary N) is 2. The second kappa shape index (κ2) is 10.1. The minimum absolute atomic E-state index is 0.0496. The first-order chi connectivity index (χ1) is 18.6. The molecular weight excluding hydrogens is 480 g/mol. The van der Waals surface area contributed by atoms with Crippen molar-refractivity contribution < 1.29 is 14.3 Å². The fourth-order valence-corrected chi connectivity index (χ4v) is 6.07. The normalized spacial score (nSPS) is 19.3. The number of benzene rings is 2. The maximum absolute atomic E-state index is 13.7. The highest BCUT2D eigenvalue weighted by Gasteiger charge is 2.49. The van der Waals surface area contributed by atoms with Gasteiger partial charge in [-0.3, -0.25) is 14.7 Å². The summed E-state index contributed by atoms with van der Waals surface area (Å²) < 4.78 is 5.64. The Labute approximate surface area is 222 Å². The number of ether oxygens (including phenoxy) is 1. The summed E-state index contributed by atoms with van der Waals surface area (Å²) in [5, 5.41) is 10.2. The van der Waals surface area contributed by atoms with Gasteiger partial charge in [0.15, 0.2) is 0 Å². The van der Waals surface area contributed by atoms with Gasteiger partial charge in [0.1, 0.15) is 5.75 Å². The number of hydrogen-bond acceptors (Lipinski definition) is 6. The van der Waals surface area contributed by atoms with Crippen molar-refractivity contribution in [2.24, 2.45) is 5.41 Å². The zero-order chi connectivity index (χ0) is 26.1. The number of methoxy groups -OCH3 is 1. The molecule has 6 rings (SSSR count). The van der Waals surface area contributed by atoms with Crippen LogP contribution in [-0.4, -0.2) is 79.8 Å². The molecule has 0 bridgehead atoms. The average molecular weight is 515 g/mol. The Morgan fingerprint density at radius 3 is 2.34 bits per heavy atom. The Morgan fingerprint density at radius 1 is 0.947 bits per heavy atom. The lowest BCUT2D eigenvalue weighted by Gasteiger charge is -2.38. The zero-order valence-electron chi connectivity index (χ0n) is 21.8. The highest BCUT2D eigenvalue weighted by molar-refractivity contribution is 6.01. The molecule has 3 saturated heterocycles. The molecule has 4 heterocycles. The molecule has 3 aromatic rings. The minimum Gasteiger partial charge on any atom is -0.496 e. The summed E-state index contributed by atoms with van der Waals surface area (Å²) in [6.07, 6.45) is 5.76. The van der Waals surface area contributed by atoms with Crippen LogP contribution in [0.5, 0.6) is 5.75 Å². The van der Waals surface area contributed by atoms with Crippen LogP contribution in [0.25, 0.3) is 11.1 Å². The summed E-state index contributed by atoms with van der Waals surface area (Å²) in [5.74, 6) is 0.915. The van der Waals surface area contributed by atoms with Gasteiger partial charge in [0.25, 0.3) is 5.91 Å². The molecule has 38 heavy (non-hydrogen) atoms. The molecule has 0 radical (unpaired) electrons. The van der Waals surface area contributed by atoms with Crippen LogP contribution in [0.1, 0.15) is 29.6 Å². The van der Waals surface area contributed by atoms with Crippen molar-refractivity contribution in [2.75, 3.05) is 62.7 Å². The van der Waals surface area contributed by atoms with Crippen LogP contribution in [0.15, 0.2) is 54.9 Å². The fourth-order valence-electron chi connectivity index (χ4n) is 6.07. The van der Waals surface area contributed by atoms with Crippen LogP contribution in [-0.2, 0) is 4.79 Å². The molecule has 1 aromatic heterocycles. The summed E-state index contributed by atoms with van der Waals surface area (Å²) in [6.45, 7) is 5.80. The number of piperazine rings is 1. The summed E-state index contributed by atoms with van der Waals surface area (Å²) >= 11 is 0. The van der Waals surface area contributed by atoms with E-state index < -0.39 is 5.41 Å². The molecule has 2 aromatic carbocycles. The van der Waals surface area contributed by atoms with Crippen LogP contribution in [0.4, 0.5) is 11.4 Å². The van der Waals surface area contributed by atoms with Gasteiger partial charge in [-0.15, -0.1) is 0 Å². The van der Waals surface area contributed by atoms with E-state index in [1.807, 2.05) is 46.3 Å². The number of carbonyl (C=O) groups excluding carboxylic acids is 2. The lowest BCUT2D eigenvalue weighted by molar-refractivity contribution is -0.127. The molecule has 0 aliphatic carbocycles. The number of nitrogens with zero attached hydrogens (tertiary/aromatic N) is 4. The third-order valence-corrected chi connectivity index (χ3v) is 8.42. The van der Waals surface area contributed by atoms with E-state index in [1.165, 1.54) is 0 Å². The third kappa shape index (κ3) is 4.41. The SMILES string of the molecule is COc1cc(N2CCC3(CCN(C(=O)c4ccc(N5CCNCC5)cc4)CC3)C2=O)ccc1-c1cn[nH]c1. The van der Waals surface area contributed by atoms with Crippen LogP contribution < -0.4 is 19.9 Å². The number of H-pyrrole nitrogens is 1. The van der Waals surface area contributed by atoms with Gasteiger partial charge in [-0.2, -0.15) is 5.10 Å². The highest BCUT2D eigenvalue weighted by atomic mass is 16.5. The summed E-state index contributed by atoms with van der Waals surface area (Å²) in [6, 6.07) is 13.9. The number of carbonyl (C=O) groups is 2. The van der Waals surface area contributed by atoms with E-state index in [0.717, 1.165) is 55.1 Å². The molecule has 0 atom stereocenters. The van der Waals surface area contributed by atoms with E-state index >= 15 is 0 Å². The highest BCUT2D eigenvalue weighted by Crippen LogP contribution is 2.44. The van der Waals surface area contributed by atoms with Crippen LogP contribution in [0.2, 0.25) is 0 Å². The van der Waals surface area contributed by atoms with Gasteiger partial charge in [0, 0.05) is 86.1 Å². The quantitative estimate of drug-likeness (QED) is 0.543. The van der Waals surface area contributed by atoms with E-state index in [1.54, 1.807) is 13.3 Å². The van der Waals surface area contributed by atoms with Crippen molar-refractivity contribution in [1.82, 2.24) is 20.4 Å². The standard InChI is InChI=1S/C29H34N6O3/c1-38-26-18-24(6-7-25(26)22-19-31-32-20-22)35-15-10-29(28(35)37)8-13-34(14-9-29)27(36)21-2-4-23(5-3-21)33-16-11-30-12-17-33/h2-7,18-20,30H,8-17H2,1H3,(H,31,32). The first-order valence-corrected chi connectivity index (χ1v) is 13.4. The van der Waals surface area contributed by atoms with E-state index in [0.29, 0.717) is 43.8 Å². The van der Waals surface area contributed by atoms with Gasteiger partial charge in [-0.25, -0.2) is 0 Å². The van der Waals surface area contributed by atoms with Gasteiger partial charge >= 0.3 is 0 Å². The number of hydrogen-bond donors (Lipinski definition) is 2. The molecule has 0 unspecified atom stereocenters. The number of aromatic amines is 1. The van der Waals surface area contributed by atoms with Crippen molar-refractivity contribution in [2.45, 2.75) is 19.3 Å². The summed E-state index contributed by atoms with van der Waals surface area (Å²) in [4.78, 5) is 33.1. The van der Waals surface area contributed by atoms with E-state index in [9.17, 15) is 9.59 Å². The number of anilines is 2. The monoisotopic (exact) mass is 514 g/mol. The van der Waals surface area contributed by atoms with Crippen LogP contribution in [0, 0.1) is 5.41 Å². The molecule has 2 amide bonds. The average Bonchev–Trinajstić information content (AvgIpc) is 3.62. The predicted molar refractivity (Wildman–Crippen MR) is 147 cm³/mol. The second-order valence-corrected chi connectivity index (χ2v) is 10.4. The summed E-state index contributed by atoms with van der Waals surface area (Å²) in [7, 11) is 1.64. The zero-order valence-corrected chi connectivity index (χ0v) is 21.8. The Bertz CT molecular complexity index is 1290. The lowest BCUT2D eigenvalue weighted by atomic mass is 9.77. The molecule has 3 aliphatic rings. The number of piperidine rings is 1. The minimum atomic E-state index is -0.403. The topological polar surface area (TPSA) is 93.8 Å². The summed E-state index contributed by atoms with van der Waals surface area (Å²) in [5.41, 5.74) is 4.18. The molecule has 0 saturated carbocycles. The maximum Gasteiger partial charge on any atom is 0.253 e. The van der Waals surface area contributed by atoms with Gasteiger partial charge < -0.3 is 24.8 Å². The lowest BCUT2D eigenvalue weighted by Crippen LogP contribution is -2.46. The predicted octanol–water partition coefficient (Wildman–Crippen LogP) is 3.15. The first kappa shape index (κ1) is 24.5. The van der Waals surface area contributed by atoms with Crippen molar-refractivity contribution in [1.29, 1.82) is 0 Å².